The molecule has 1 fully saturated rings. The Morgan fingerprint density at radius 2 is 2.00 bits per heavy atom. The Kier molecular flexibility index (Phi) is 3.36. The van der Waals surface area contributed by atoms with Gasteiger partial charge in [0.15, 0.2) is 0 Å². The zero-order chi connectivity index (χ0) is 13.3. The first-order valence-corrected chi connectivity index (χ1v) is 5.89. The molecule has 1 aromatic heterocycles. The Bertz CT molecular complexity index is 431. The lowest BCUT2D eigenvalue weighted by molar-refractivity contribution is -0.183. The van der Waals surface area contributed by atoms with Crippen molar-refractivity contribution in [1.82, 2.24) is 9.88 Å². The lowest BCUT2D eigenvalue weighted by Gasteiger charge is -2.32. The van der Waals surface area contributed by atoms with E-state index in [0.29, 0.717) is 5.56 Å². The molecule has 0 unspecified atom stereocenters. The van der Waals surface area contributed by atoms with Crippen LogP contribution in [0, 0.1) is 12.8 Å². The highest BCUT2D eigenvalue weighted by atomic mass is 19.4. The van der Waals surface area contributed by atoms with Crippen molar-refractivity contribution >= 4 is 5.91 Å². The van der Waals surface area contributed by atoms with Gasteiger partial charge in [-0.15, -0.1) is 0 Å². The number of aryl methyl sites for hydroxylation is 1. The molecule has 0 aliphatic carbocycles. The van der Waals surface area contributed by atoms with E-state index in [-0.39, 0.29) is 31.8 Å². The van der Waals surface area contributed by atoms with E-state index in [1.54, 1.807) is 19.2 Å². The van der Waals surface area contributed by atoms with Gasteiger partial charge >= 0.3 is 6.18 Å². The fraction of sp³-hybridized carbons (Fsp3) is 0.583. The second kappa shape index (κ2) is 4.66. The molecule has 0 atom stereocenters. The van der Waals surface area contributed by atoms with Crippen LogP contribution in [0.25, 0.3) is 0 Å². The van der Waals surface area contributed by atoms with Gasteiger partial charge in [-0.2, -0.15) is 13.2 Å². The second-order valence-electron chi connectivity index (χ2n) is 4.62. The number of aromatic amines is 1. The third-order valence-corrected chi connectivity index (χ3v) is 3.43. The highest BCUT2D eigenvalue weighted by Gasteiger charge is 2.41. The molecule has 0 saturated carbocycles. The van der Waals surface area contributed by atoms with E-state index in [9.17, 15) is 18.0 Å². The average molecular weight is 260 g/mol. The maximum absolute atomic E-state index is 12.5. The van der Waals surface area contributed by atoms with Crippen molar-refractivity contribution in [3.63, 3.8) is 0 Å². The third-order valence-electron chi connectivity index (χ3n) is 3.43. The van der Waals surface area contributed by atoms with Crippen LogP contribution in [0.4, 0.5) is 13.2 Å². The Balaban J connectivity index is 1.99. The van der Waals surface area contributed by atoms with E-state index in [1.807, 2.05) is 0 Å². The Labute approximate surface area is 103 Å². The predicted octanol–water partition coefficient (Wildman–Crippen LogP) is 2.74. The first kappa shape index (κ1) is 13.0. The van der Waals surface area contributed by atoms with Crippen LogP contribution in [0.2, 0.25) is 0 Å². The molecule has 100 valence electrons. The normalized spacial score (nSPS) is 18.1. The third kappa shape index (κ3) is 2.52. The molecule has 2 rings (SSSR count). The molecule has 1 N–H and O–H groups in total. The van der Waals surface area contributed by atoms with Gasteiger partial charge in [-0.05, 0) is 25.8 Å². The standard InChI is InChI=1S/C12H15F3N2O/c1-8-10(2-5-16-8)11(18)17-6-3-9(4-7-17)12(13,14)15/h2,5,9,16H,3-4,6-7H2,1H3. The second-order valence-corrected chi connectivity index (χ2v) is 4.62. The first-order valence-electron chi connectivity index (χ1n) is 5.89. The number of halogens is 3. The predicted molar refractivity (Wildman–Crippen MR) is 60.2 cm³/mol. The Morgan fingerprint density at radius 1 is 1.39 bits per heavy atom. The molecular formula is C12H15F3N2O. The lowest BCUT2D eigenvalue weighted by atomic mass is 9.96. The van der Waals surface area contributed by atoms with Crippen molar-refractivity contribution in [2.75, 3.05) is 13.1 Å². The summed E-state index contributed by atoms with van der Waals surface area (Å²) in [7, 11) is 0. The zero-order valence-corrected chi connectivity index (χ0v) is 10.0. The molecule has 3 nitrogen and oxygen atoms in total. The van der Waals surface area contributed by atoms with Gasteiger partial charge in [0.05, 0.1) is 11.5 Å². The minimum absolute atomic E-state index is 0.00128. The van der Waals surface area contributed by atoms with Gasteiger partial charge in [-0.25, -0.2) is 0 Å². The fourth-order valence-electron chi connectivity index (χ4n) is 2.26. The maximum atomic E-state index is 12.5. The van der Waals surface area contributed by atoms with Crippen LogP contribution in [-0.4, -0.2) is 35.1 Å². The monoisotopic (exact) mass is 260 g/mol. The minimum Gasteiger partial charge on any atom is -0.365 e. The SMILES string of the molecule is Cc1[nH]ccc1C(=O)N1CCC(C(F)(F)F)CC1. The number of nitrogens with zero attached hydrogens (tertiary/aromatic N) is 1. The van der Waals surface area contributed by atoms with E-state index in [2.05, 4.69) is 4.98 Å². The van der Waals surface area contributed by atoms with Gasteiger partial charge in [0, 0.05) is 25.0 Å². The number of amides is 1. The summed E-state index contributed by atoms with van der Waals surface area (Å²) in [6, 6.07) is 1.66. The largest absolute Gasteiger partial charge is 0.391 e. The van der Waals surface area contributed by atoms with Gasteiger partial charge in [0.2, 0.25) is 0 Å². The molecule has 0 bridgehead atoms. The van der Waals surface area contributed by atoms with Gasteiger partial charge in [0.1, 0.15) is 0 Å². The molecule has 0 radical (unpaired) electrons. The van der Waals surface area contributed by atoms with Crippen LogP contribution < -0.4 is 0 Å². The van der Waals surface area contributed by atoms with Gasteiger partial charge < -0.3 is 9.88 Å². The maximum Gasteiger partial charge on any atom is 0.391 e. The van der Waals surface area contributed by atoms with Gasteiger partial charge in [0.25, 0.3) is 5.91 Å². The quantitative estimate of drug-likeness (QED) is 0.828. The molecule has 1 aliphatic rings. The summed E-state index contributed by atoms with van der Waals surface area (Å²) in [5.41, 5.74) is 1.29. The van der Waals surface area contributed by atoms with Crippen LogP contribution >= 0.6 is 0 Å². The van der Waals surface area contributed by atoms with Gasteiger partial charge in [-0.3, -0.25) is 4.79 Å². The van der Waals surface area contributed by atoms with Crippen molar-refractivity contribution in [2.24, 2.45) is 5.92 Å². The molecular weight excluding hydrogens is 245 g/mol. The van der Waals surface area contributed by atoms with E-state index >= 15 is 0 Å². The van der Waals surface area contributed by atoms with Crippen molar-refractivity contribution in [3.05, 3.63) is 23.5 Å². The summed E-state index contributed by atoms with van der Waals surface area (Å²) < 4.78 is 37.5. The van der Waals surface area contributed by atoms with E-state index in [1.165, 1.54) is 4.90 Å². The van der Waals surface area contributed by atoms with Crippen LogP contribution in [0.15, 0.2) is 12.3 Å². The number of carbonyl (C=O) groups is 1. The molecule has 6 heteroatoms. The summed E-state index contributed by atoms with van der Waals surface area (Å²) in [6.45, 7) is 2.12. The van der Waals surface area contributed by atoms with E-state index in [0.717, 1.165) is 5.69 Å². The number of H-pyrrole nitrogens is 1. The summed E-state index contributed by atoms with van der Waals surface area (Å²) in [6.07, 6.45) is -2.48. The highest BCUT2D eigenvalue weighted by Crippen LogP contribution is 2.34. The molecule has 1 saturated heterocycles. The Hall–Kier alpha value is -1.46. The number of aromatic nitrogens is 1. The minimum atomic E-state index is -4.14. The van der Waals surface area contributed by atoms with Crippen LogP contribution in [0.1, 0.15) is 28.9 Å². The van der Waals surface area contributed by atoms with Crippen molar-refractivity contribution < 1.29 is 18.0 Å². The number of piperidine rings is 1. The van der Waals surface area contributed by atoms with E-state index in [4.69, 9.17) is 0 Å². The summed E-state index contributed by atoms with van der Waals surface area (Å²) >= 11 is 0. The molecule has 1 aliphatic heterocycles. The van der Waals surface area contributed by atoms with Gasteiger partial charge in [-0.1, -0.05) is 0 Å². The molecule has 18 heavy (non-hydrogen) atoms. The lowest BCUT2D eigenvalue weighted by Crippen LogP contribution is -2.42. The molecule has 1 aromatic rings. The van der Waals surface area contributed by atoms with Crippen LogP contribution in [0.5, 0.6) is 0 Å². The fourth-order valence-corrected chi connectivity index (χ4v) is 2.26. The average Bonchev–Trinajstić information content (AvgIpc) is 2.73. The summed E-state index contributed by atoms with van der Waals surface area (Å²) in [5.74, 6) is -1.46. The molecule has 0 spiro atoms. The number of nitrogens with one attached hydrogen (secondary N) is 1. The topological polar surface area (TPSA) is 36.1 Å². The molecule has 2 heterocycles. The van der Waals surface area contributed by atoms with Crippen LogP contribution in [-0.2, 0) is 0 Å². The van der Waals surface area contributed by atoms with Crippen molar-refractivity contribution in [1.29, 1.82) is 0 Å². The van der Waals surface area contributed by atoms with Crippen molar-refractivity contribution in [2.45, 2.75) is 25.9 Å². The summed E-state index contributed by atoms with van der Waals surface area (Å²) in [5, 5.41) is 0. The number of rotatable bonds is 1. The first-order chi connectivity index (χ1) is 8.39. The number of alkyl halides is 3. The number of hydrogen-bond donors (Lipinski definition) is 1. The number of carbonyl (C=O) groups excluding carboxylic acids is 1. The van der Waals surface area contributed by atoms with Crippen LogP contribution in [0.3, 0.4) is 0 Å². The number of hydrogen-bond acceptors (Lipinski definition) is 1. The summed E-state index contributed by atoms with van der Waals surface area (Å²) in [4.78, 5) is 16.5. The Morgan fingerprint density at radius 3 is 2.44 bits per heavy atom. The van der Waals surface area contributed by atoms with Crippen molar-refractivity contribution in [3.8, 4) is 0 Å². The molecule has 1 amide bonds. The zero-order valence-electron chi connectivity index (χ0n) is 10.0. The highest BCUT2D eigenvalue weighted by molar-refractivity contribution is 5.95. The molecule has 0 aromatic carbocycles. The number of likely N-dealkylation sites (tertiary alicyclic amines) is 1. The smallest absolute Gasteiger partial charge is 0.365 e. The van der Waals surface area contributed by atoms with E-state index < -0.39 is 12.1 Å².